The molecule has 0 saturated heterocycles. The van der Waals surface area contributed by atoms with Gasteiger partial charge in [0, 0.05) is 18.3 Å². The molecule has 1 atom stereocenters. The van der Waals surface area contributed by atoms with Crippen molar-refractivity contribution in [1.82, 2.24) is 4.57 Å². The van der Waals surface area contributed by atoms with Crippen molar-refractivity contribution in [2.24, 2.45) is 0 Å². The van der Waals surface area contributed by atoms with Gasteiger partial charge in [-0.1, -0.05) is 27.7 Å². The topological polar surface area (TPSA) is 22.0 Å². The highest BCUT2D eigenvalue weighted by molar-refractivity contribution is 5.82. The van der Waals surface area contributed by atoms with Gasteiger partial charge in [0.05, 0.1) is 6.04 Å². The minimum atomic E-state index is -0.0406. The maximum absolute atomic E-state index is 11.7. The summed E-state index contributed by atoms with van der Waals surface area (Å²) in [5.41, 5.74) is 2.68. The van der Waals surface area contributed by atoms with Gasteiger partial charge in [0.1, 0.15) is 0 Å². The molecule has 0 spiro atoms. The van der Waals surface area contributed by atoms with Crippen LogP contribution in [0.25, 0.3) is 0 Å². The summed E-state index contributed by atoms with van der Waals surface area (Å²) in [5, 5.41) is 0. The number of ketones is 1. The van der Waals surface area contributed by atoms with Gasteiger partial charge in [-0.05, 0) is 30.9 Å². The second-order valence-corrected chi connectivity index (χ2v) is 5.47. The van der Waals surface area contributed by atoms with E-state index in [9.17, 15) is 4.79 Å². The van der Waals surface area contributed by atoms with Gasteiger partial charge in [-0.15, -0.1) is 0 Å². The van der Waals surface area contributed by atoms with Crippen molar-refractivity contribution < 1.29 is 4.79 Å². The Morgan fingerprint density at radius 3 is 2.38 bits per heavy atom. The van der Waals surface area contributed by atoms with E-state index in [0.29, 0.717) is 12.2 Å². The zero-order valence-electron chi connectivity index (χ0n) is 11.3. The van der Waals surface area contributed by atoms with Gasteiger partial charge in [0.15, 0.2) is 5.78 Å². The van der Waals surface area contributed by atoms with Crippen LogP contribution in [0.2, 0.25) is 0 Å². The van der Waals surface area contributed by atoms with Crippen molar-refractivity contribution >= 4 is 5.78 Å². The molecule has 0 aliphatic carbocycles. The smallest absolute Gasteiger partial charge is 0.155 e. The average molecular weight is 221 g/mol. The molecule has 1 heterocycles. The van der Waals surface area contributed by atoms with Crippen molar-refractivity contribution in [2.45, 2.75) is 59.4 Å². The van der Waals surface area contributed by atoms with Gasteiger partial charge in [0.25, 0.3) is 0 Å². The molecule has 0 aromatic carbocycles. The van der Waals surface area contributed by atoms with Crippen molar-refractivity contribution in [3.8, 4) is 0 Å². The van der Waals surface area contributed by atoms with Crippen molar-refractivity contribution in [3.05, 3.63) is 23.5 Å². The third kappa shape index (κ3) is 2.37. The van der Waals surface area contributed by atoms with E-state index in [0.717, 1.165) is 0 Å². The number of hydrogen-bond donors (Lipinski definition) is 0. The Bertz CT molecular complexity index is 382. The first-order chi connectivity index (χ1) is 7.29. The van der Waals surface area contributed by atoms with Gasteiger partial charge in [-0.3, -0.25) is 4.79 Å². The van der Waals surface area contributed by atoms with E-state index in [2.05, 4.69) is 38.3 Å². The second kappa shape index (κ2) is 4.44. The van der Waals surface area contributed by atoms with E-state index in [1.54, 1.807) is 0 Å². The minimum absolute atomic E-state index is 0.0406. The zero-order valence-corrected chi connectivity index (χ0v) is 11.3. The van der Waals surface area contributed by atoms with Crippen LogP contribution in [0.3, 0.4) is 0 Å². The maximum Gasteiger partial charge on any atom is 0.155 e. The zero-order chi connectivity index (χ0) is 12.5. The number of rotatable bonds is 3. The van der Waals surface area contributed by atoms with E-state index >= 15 is 0 Å². The van der Waals surface area contributed by atoms with Crippen LogP contribution in [0.4, 0.5) is 0 Å². The third-order valence-corrected chi connectivity index (χ3v) is 3.22. The number of carbonyl (C=O) groups is 1. The molecule has 1 unspecified atom stereocenters. The van der Waals surface area contributed by atoms with Crippen LogP contribution in [0.15, 0.2) is 12.3 Å². The number of carbonyl (C=O) groups excluding carboxylic acids is 1. The molecule has 0 radical (unpaired) electrons. The van der Waals surface area contributed by atoms with Gasteiger partial charge in [-0.2, -0.15) is 0 Å². The van der Waals surface area contributed by atoms with Crippen LogP contribution in [0.1, 0.15) is 58.3 Å². The molecule has 0 saturated carbocycles. The highest BCUT2D eigenvalue weighted by Crippen LogP contribution is 2.28. The fourth-order valence-corrected chi connectivity index (χ4v) is 2.19. The Balaban J connectivity index is 3.10. The first-order valence-corrected chi connectivity index (χ1v) is 5.99. The predicted octanol–water partition coefficient (Wildman–Crippen LogP) is 3.63. The fourth-order valence-electron chi connectivity index (χ4n) is 2.19. The molecule has 1 aromatic rings. The standard InChI is InChI=1S/C14H23NO/c1-7-13(16)11(3)15-9-8-12(10(15)2)14(4,5)6/h8-9,11H,7H2,1-6H3. The average Bonchev–Trinajstić information content (AvgIpc) is 2.57. The molecule has 0 aliphatic heterocycles. The fraction of sp³-hybridized carbons (Fsp3) is 0.643. The maximum atomic E-state index is 11.7. The SMILES string of the molecule is CCC(=O)C(C)n1ccc(C(C)(C)C)c1C. The van der Waals surface area contributed by atoms with Crippen LogP contribution in [0, 0.1) is 6.92 Å². The molecular formula is C14H23NO. The van der Waals surface area contributed by atoms with E-state index in [1.165, 1.54) is 11.3 Å². The van der Waals surface area contributed by atoms with Crippen LogP contribution in [-0.4, -0.2) is 10.4 Å². The largest absolute Gasteiger partial charge is 0.341 e. The van der Waals surface area contributed by atoms with Gasteiger partial charge < -0.3 is 4.57 Å². The number of Topliss-reactive ketones (excluding diaryl/α,β-unsaturated/α-hetero) is 1. The number of nitrogens with zero attached hydrogens (tertiary/aromatic N) is 1. The molecule has 0 aliphatic rings. The monoisotopic (exact) mass is 221 g/mol. The summed E-state index contributed by atoms with van der Waals surface area (Å²) in [5.74, 6) is 0.291. The summed E-state index contributed by atoms with van der Waals surface area (Å²) in [7, 11) is 0. The molecule has 1 rings (SSSR count). The molecule has 1 aromatic heterocycles. The summed E-state index contributed by atoms with van der Waals surface area (Å²) >= 11 is 0. The van der Waals surface area contributed by atoms with E-state index in [4.69, 9.17) is 0 Å². The normalized spacial score (nSPS) is 13.9. The summed E-state index contributed by atoms with van der Waals surface area (Å²) in [6, 6.07) is 2.09. The quantitative estimate of drug-likeness (QED) is 0.764. The Hall–Kier alpha value is -1.05. The Morgan fingerprint density at radius 1 is 1.44 bits per heavy atom. The van der Waals surface area contributed by atoms with Crippen LogP contribution in [0.5, 0.6) is 0 Å². The lowest BCUT2D eigenvalue weighted by molar-refractivity contribution is -0.121. The summed E-state index contributed by atoms with van der Waals surface area (Å²) in [6.45, 7) is 12.6. The molecular weight excluding hydrogens is 198 g/mol. The highest BCUT2D eigenvalue weighted by Gasteiger charge is 2.22. The molecule has 2 nitrogen and oxygen atoms in total. The Morgan fingerprint density at radius 2 is 2.00 bits per heavy atom. The first-order valence-electron chi connectivity index (χ1n) is 5.99. The van der Waals surface area contributed by atoms with Crippen molar-refractivity contribution in [1.29, 1.82) is 0 Å². The minimum Gasteiger partial charge on any atom is -0.341 e. The molecule has 0 N–H and O–H groups in total. The van der Waals surface area contributed by atoms with Crippen molar-refractivity contribution in [3.63, 3.8) is 0 Å². The van der Waals surface area contributed by atoms with E-state index < -0.39 is 0 Å². The molecule has 0 amide bonds. The van der Waals surface area contributed by atoms with Gasteiger partial charge in [-0.25, -0.2) is 0 Å². The van der Waals surface area contributed by atoms with E-state index in [1.807, 2.05) is 20.0 Å². The van der Waals surface area contributed by atoms with Crippen LogP contribution < -0.4 is 0 Å². The van der Waals surface area contributed by atoms with E-state index in [-0.39, 0.29) is 11.5 Å². The molecule has 16 heavy (non-hydrogen) atoms. The van der Waals surface area contributed by atoms with Crippen LogP contribution >= 0.6 is 0 Å². The molecule has 0 fully saturated rings. The van der Waals surface area contributed by atoms with Gasteiger partial charge in [0.2, 0.25) is 0 Å². The third-order valence-electron chi connectivity index (χ3n) is 3.22. The number of hydrogen-bond acceptors (Lipinski definition) is 1. The summed E-state index contributed by atoms with van der Waals surface area (Å²) < 4.78 is 2.09. The Kier molecular flexibility index (Phi) is 3.61. The van der Waals surface area contributed by atoms with Gasteiger partial charge >= 0.3 is 0 Å². The predicted molar refractivity (Wildman–Crippen MR) is 67.9 cm³/mol. The summed E-state index contributed by atoms with van der Waals surface area (Å²) in [4.78, 5) is 11.7. The molecule has 90 valence electrons. The number of aromatic nitrogens is 1. The molecule has 0 bridgehead atoms. The Labute approximate surface area is 98.7 Å². The lowest BCUT2D eigenvalue weighted by atomic mass is 9.87. The lowest BCUT2D eigenvalue weighted by Crippen LogP contribution is -2.18. The highest BCUT2D eigenvalue weighted by atomic mass is 16.1. The van der Waals surface area contributed by atoms with Crippen molar-refractivity contribution in [2.75, 3.05) is 0 Å². The second-order valence-electron chi connectivity index (χ2n) is 5.47. The lowest BCUT2D eigenvalue weighted by Gasteiger charge is -2.21. The molecule has 2 heteroatoms. The first kappa shape index (κ1) is 13.0. The summed E-state index contributed by atoms with van der Waals surface area (Å²) in [6.07, 6.45) is 2.64. The van der Waals surface area contributed by atoms with Crippen LogP contribution in [-0.2, 0) is 10.2 Å².